The molecule has 0 spiro atoms. The van der Waals surface area contributed by atoms with Gasteiger partial charge in [0.05, 0.1) is 0 Å². The number of thiocarbonyl (C=S) groups is 1. The highest BCUT2D eigenvalue weighted by molar-refractivity contribution is 8.23. The number of nitrogens with zero attached hydrogens (tertiary/aromatic N) is 1. The predicted octanol–water partition coefficient (Wildman–Crippen LogP) is 2.12. The molecule has 0 rings (SSSR count). The van der Waals surface area contributed by atoms with Crippen molar-refractivity contribution in [3.05, 3.63) is 0 Å². The molecule has 0 aromatic carbocycles. The lowest BCUT2D eigenvalue weighted by Crippen LogP contribution is -1.81. The molecule has 0 aromatic heterocycles. The van der Waals surface area contributed by atoms with E-state index in [0.717, 1.165) is 12.2 Å². The summed E-state index contributed by atoms with van der Waals surface area (Å²) >= 11 is 6.33. The van der Waals surface area contributed by atoms with Gasteiger partial charge in [-0.25, -0.2) is 4.99 Å². The van der Waals surface area contributed by atoms with Crippen LogP contribution in [-0.4, -0.2) is 16.8 Å². The van der Waals surface area contributed by atoms with Crippen LogP contribution in [0.5, 0.6) is 0 Å². The maximum absolute atomic E-state index is 4.75. The molecule has 0 unspecified atom stereocenters. The Labute approximate surface area is 59.6 Å². The lowest BCUT2D eigenvalue weighted by atomic mass is 10.6. The molecule has 46 valence electrons. The first-order valence-corrected chi connectivity index (χ1v) is 3.84. The number of rotatable bonds is 2. The van der Waals surface area contributed by atoms with Gasteiger partial charge in [-0.05, 0) is 13.1 Å². The van der Waals surface area contributed by atoms with Crippen LogP contribution in [-0.2, 0) is 0 Å². The summed E-state index contributed by atoms with van der Waals surface area (Å²) in [5.41, 5.74) is 0. The summed E-state index contributed by atoms with van der Waals surface area (Å²) in [4.78, 5) is 3.57. The SMILES string of the molecule is C=NC(=S)SCCC. The third-order valence-electron chi connectivity index (χ3n) is 0.559. The smallest absolute Gasteiger partial charge is 0.159 e. The van der Waals surface area contributed by atoms with Gasteiger partial charge in [0.15, 0.2) is 4.32 Å². The Hall–Kier alpha value is 0.110. The molecule has 1 nitrogen and oxygen atoms in total. The second-order valence-electron chi connectivity index (χ2n) is 1.27. The lowest BCUT2D eigenvalue weighted by molar-refractivity contribution is 1.11. The Morgan fingerprint density at radius 2 is 2.50 bits per heavy atom. The van der Waals surface area contributed by atoms with Crippen LogP contribution in [0.1, 0.15) is 13.3 Å². The maximum atomic E-state index is 4.75. The molecule has 0 saturated heterocycles. The van der Waals surface area contributed by atoms with Crippen molar-refractivity contribution in [3.63, 3.8) is 0 Å². The molecule has 0 atom stereocenters. The number of thioether (sulfide) groups is 1. The molecule has 0 aliphatic rings. The molecule has 0 radical (unpaired) electrons. The van der Waals surface area contributed by atoms with Gasteiger partial charge in [-0.15, -0.1) is 0 Å². The molecule has 0 aromatic rings. The second kappa shape index (κ2) is 5.25. The normalized spacial score (nSPS) is 8.62. The van der Waals surface area contributed by atoms with Crippen molar-refractivity contribution in [2.75, 3.05) is 5.75 Å². The highest BCUT2D eigenvalue weighted by Gasteiger charge is 1.87. The van der Waals surface area contributed by atoms with Gasteiger partial charge in [0.1, 0.15) is 0 Å². The molecule has 0 heterocycles. The standard InChI is InChI=1S/C5H9NS2/c1-3-4-8-5(7)6-2/h2-4H2,1H3. The Kier molecular flexibility index (Phi) is 5.32. The third-order valence-corrected chi connectivity index (χ3v) is 2.03. The third kappa shape index (κ3) is 4.27. The fourth-order valence-electron chi connectivity index (χ4n) is 0.235. The van der Waals surface area contributed by atoms with Gasteiger partial charge in [0.25, 0.3) is 0 Å². The van der Waals surface area contributed by atoms with Crippen molar-refractivity contribution in [1.82, 2.24) is 0 Å². The zero-order chi connectivity index (χ0) is 6.41. The number of hydrogen-bond acceptors (Lipinski definition) is 2. The minimum atomic E-state index is 0.659. The van der Waals surface area contributed by atoms with E-state index in [-0.39, 0.29) is 0 Å². The Bertz CT molecular complexity index is 90.4. The highest BCUT2D eigenvalue weighted by Crippen LogP contribution is 2.05. The van der Waals surface area contributed by atoms with Gasteiger partial charge < -0.3 is 0 Å². The average Bonchev–Trinajstić information content (AvgIpc) is 1.83. The molecule has 0 bridgehead atoms. The van der Waals surface area contributed by atoms with Crippen molar-refractivity contribution < 1.29 is 0 Å². The first-order chi connectivity index (χ1) is 3.81. The van der Waals surface area contributed by atoms with Crippen molar-refractivity contribution in [1.29, 1.82) is 0 Å². The molecule has 0 aliphatic heterocycles. The monoisotopic (exact) mass is 147 g/mol. The van der Waals surface area contributed by atoms with Crippen molar-refractivity contribution in [2.45, 2.75) is 13.3 Å². The fraction of sp³-hybridized carbons (Fsp3) is 0.600. The summed E-state index contributed by atoms with van der Waals surface area (Å²) in [6.07, 6.45) is 1.14. The topological polar surface area (TPSA) is 12.4 Å². The Balaban J connectivity index is 3.11. The van der Waals surface area contributed by atoms with Crippen LogP contribution in [0.15, 0.2) is 4.99 Å². The molecular formula is C5H9NS2. The van der Waals surface area contributed by atoms with Gasteiger partial charge in [0, 0.05) is 5.75 Å². The van der Waals surface area contributed by atoms with Crippen molar-refractivity contribution in [3.8, 4) is 0 Å². The number of hydrogen-bond donors (Lipinski definition) is 0. The van der Waals surface area contributed by atoms with Crippen molar-refractivity contribution >= 4 is 35.0 Å². The van der Waals surface area contributed by atoms with E-state index in [4.69, 9.17) is 12.2 Å². The minimum Gasteiger partial charge on any atom is -0.246 e. The predicted molar refractivity (Wildman–Crippen MR) is 44.9 cm³/mol. The number of aliphatic imine (C=N–C) groups is 1. The van der Waals surface area contributed by atoms with Crippen molar-refractivity contribution in [2.24, 2.45) is 4.99 Å². The van der Waals surface area contributed by atoms with Crippen LogP contribution in [0.25, 0.3) is 0 Å². The largest absolute Gasteiger partial charge is 0.246 e. The van der Waals surface area contributed by atoms with Crippen LogP contribution >= 0.6 is 24.0 Å². The van der Waals surface area contributed by atoms with E-state index in [1.54, 1.807) is 11.8 Å². The second-order valence-corrected chi connectivity index (χ2v) is 3.00. The Morgan fingerprint density at radius 3 is 2.88 bits per heavy atom. The van der Waals surface area contributed by atoms with Gasteiger partial charge >= 0.3 is 0 Å². The summed E-state index contributed by atoms with van der Waals surface area (Å²) in [6.45, 7) is 5.41. The summed E-state index contributed by atoms with van der Waals surface area (Å²) < 4.78 is 0.659. The zero-order valence-corrected chi connectivity index (χ0v) is 6.52. The van der Waals surface area contributed by atoms with E-state index in [9.17, 15) is 0 Å². The summed E-state index contributed by atoms with van der Waals surface area (Å²) in [5.74, 6) is 1.05. The van der Waals surface area contributed by atoms with Crippen LogP contribution in [0, 0.1) is 0 Å². The quantitative estimate of drug-likeness (QED) is 0.438. The summed E-state index contributed by atoms with van der Waals surface area (Å²) in [6, 6.07) is 0. The molecule has 0 N–H and O–H groups in total. The molecular weight excluding hydrogens is 138 g/mol. The lowest BCUT2D eigenvalue weighted by Gasteiger charge is -1.90. The molecule has 3 heteroatoms. The fourth-order valence-corrected chi connectivity index (χ4v) is 0.955. The van der Waals surface area contributed by atoms with Gasteiger partial charge in [-0.2, -0.15) is 0 Å². The van der Waals surface area contributed by atoms with Gasteiger partial charge in [-0.1, -0.05) is 30.9 Å². The molecule has 0 fully saturated rings. The van der Waals surface area contributed by atoms with Crippen LogP contribution < -0.4 is 0 Å². The zero-order valence-electron chi connectivity index (χ0n) is 4.89. The maximum Gasteiger partial charge on any atom is 0.159 e. The molecule has 0 saturated carbocycles. The minimum absolute atomic E-state index is 0.659. The van der Waals surface area contributed by atoms with Crippen LogP contribution in [0.2, 0.25) is 0 Å². The average molecular weight is 147 g/mol. The summed E-state index contributed by atoms with van der Waals surface area (Å²) in [5, 5.41) is 0. The first kappa shape index (κ1) is 8.11. The van der Waals surface area contributed by atoms with E-state index in [1.807, 2.05) is 0 Å². The highest BCUT2D eigenvalue weighted by atomic mass is 32.2. The van der Waals surface area contributed by atoms with Gasteiger partial charge in [-0.3, -0.25) is 0 Å². The molecule has 0 aliphatic carbocycles. The van der Waals surface area contributed by atoms with E-state index in [0.29, 0.717) is 4.32 Å². The molecule has 8 heavy (non-hydrogen) atoms. The van der Waals surface area contributed by atoms with E-state index in [1.165, 1.54) is 0 Å². The van der Waals surface area contributed by atoms with E-state index in [2.05, 4.69) is 18.6 Å². The van der Waals surface area contributed by atoms with E-state index >= 15 is 0 Å². The first-order valence-electron chi connectivity index (χ1n) is 2.44. The summed E-state index contributed by atoms with van der Waals surface area (Å²) in [7, 11) is 0. The van der Waals surface area contributed by atoms with Crippen LogP contribution in [0.4, 0.5) is 0 Å². The van der Waals surface area contributed by atoms with Crippen LogP contribution in [0.3, 0.4) is 0 Å². The Morgan fingerprint density at radius 1 is 1.88 bits per heavy atom. The molecule has 0 amide bonds. The van der Waals surface area contributed by atoms with E-state index < -0.39 is 0 Å². The van der Waals surface area contributed by atoms with Gasteiger partial charge in [0.2, 0.25) is 0 Å².